The van der Waals surface area contributed by atoms with Crippen LogP contribution in [0.1, 0.15) is 10.6 Å². The molecule has 118 valence electrons. The number of thiazole rings is 1. The minimum Gasteiger partial charge on any atom is -0.351 e. The molecule has 23 heavy (non-hydrogen) atoms. The van der Waals surface area contributed by atoms with Crippen LogP contribution in [0.5, 0.6) is 0 Å². The van der Waals surface area contributed by atoms with Gasteiger partial charge >= 0.3 is 0 Å². The van der Waals surface area contributed by atoms with E-state index < -0.39 is 0 Å². The van der Waals surface area contributed by atoms with E-state index in [4.69, 9.17) is 11.6 Å². The smallest absolute Gasteiger partial charge is 0.226 e. The van der Waals surface area contributed by atoms with E-state index in [0.717, 1.165) is 21.4 Å². The van der Waals surface area contributed by atoms with E-state index in [-0.39, 0.29) is 12.3 Å². The summed E-state index contributed by atoms with van der Waals surface area (Å²) in [5, 5.41) is 11.4. The number of anilines is 2. The highest BCUT2D eigenvalue weighted by atomic mass is 35.5. The minimum absolute atomic E-state index is 0.0296. The molecule has 0 aliphatic rings. The molecule has 0 aliphatic carbocycles. The standard InChI is InChI=1S/C16H14ClN3OS2/c17-11-3-1-4-12(7-11)19-16-20-13(10-23-16)8-15(21)18-9-14-5-2-6-22-14/h1-7,10H,8-9H2,(H,18,21)(H,19,20). The maximum Gasteiger partial charge on any atom is 0.226 e. The van der Waals surface area contributed by atoms with Crippen molar-refractivity contribution in [1.82, 2.24) is 10.3 Å². The molecule has 0 bridgehead atoms. The van der Waals surface area contributed by atoms with Crippen molar-refractivity contribution in [3.05, 3.63) is 62.8 Å². The second kappa shape index (κ2) is 7.59. The lowest BCUT2D eigenvalue weighted by Gasteiger charge is -2.03. The number of hydrogen-bond acceptors (Lipinski definition) is 5. The highest BCUT2D eigenvalue weighted by Crippen LogP contribution is 2.23. The van der Waals surface area contributed by atoms with Crippen molar-refractivity contribution in [2.75, 3.05) is 5.32 Å². The second-order valence-corrected chi connectivity index (χ2v) is 7.14. The molecular weight excluding hydrogens is 350 g/mol. The zero-order valence-corrected chi connectivity index (χ0v) is 14.5. The van der Waals surface area contributed by atoms with Crippen molar-refractivity contribution in [3.8, 4) is 0 Å². The summed E-state index contributed by atoms with van der Waals surface area (Å²) in [5.41, 5.74) is 1.63. The van der Waals surface area contributed by atoms with Crippen molar-refractivity contribution in [1.29, 1.82) is 0 Å². The molecule has 0 aliphatic heterocycles. The zero-order chi connectivity index (χ0) is 16.1. The normalized spacial score (nSPS) is 10.5. The predicted octanol–water partition coefficient (Wildman–Crippen LogP) is 4.46. The van der Waals surface area contributed by atoms with Crippen molar-refractivity contribution in [2.24, 2.45) is 0 Å². The van der Waals surface area contributed by atoms with Crippen LogP contribution in [0.15, 0.2) is 47.2 Å². The Morgan fingerprint density at radius 2 is 2.13 bits per heavy atom. The zero-order valence-electron chi connectivity index (χ0n) is 12.1. The Bertz CT molecular complexity index is 786. The number of nitrogens with zero attached hydrogens (tertiary/aromatic N) is 1. The van der Waals surface area contributed by atoms with Crippen LogP contribution in [0.4, 0.5) is 10.8 Å². The van der Waals surface area contributed by atoms with Gasteiger partial charge in [-0.2, -0.15) is 0 Å². The summed E-state index contributed by atoms with van der Waals surface area (Å²) in [5.74, 6) is -0.0296. The largest absolute Gasteiger partial charge is 0.351 e. The Morgan fingerprint density at radius 1 is 1.22 bits per heavy atom. The monoisotopic (exact) mass is 363 g/mol. The van der Waals surface area contributed by atoms with Crippen LogP contribution < -0.4 is 10.6 Å². The summed E-state index contributed by atoms with van der Waals surface area (Å²) in [6.45, 7) is 0.564. The van der Waals surface area contributed by atoms with Gasteiger partial charge in [0, 0.05) is 21.0 Å². The maximum atomic E-state index is 11.9. The van der Waals surface area contributed by atoms with Crippen LogP contribution in [-0.2, 0) is 17.8 Å². The molecule has 0 saturated carbocycles. The van der Waals surface area contributed by atoms with Gasteiger partial charge in [0.05, 0.1) is 18.7 Å². The topological polar surface area (TPSA) is 54.0 Å². The fourth-order valence-corrected chi connectivity index (χ4v) is 3.53. The summed E-state index contributed by atoms with van der Waals surface area (Å²) in [6.07, 6.45) is 0.277. The lowest BCUT2D eigenvalue weighted by Crippen LogP contribution is -2.24. The van der Waals surface area contributed by atoms with Crippen LogP contribution in [-0.4, -0.2) is 10.9 Å². The Kier molecular flexibility index (Phi) is 5.27. The fraction of sp³-hybridized carbons (Fsp3) is 0.125. The van der Waals surface area contributed by atoms with E-state index in [2.05, 4.69) is 15.6 Å². The molecule has 3 aromatic rings. The predicted molar refractivity (Wildman–Crippen MR) is 96.7 cm³/mol. The van der Waals surface area contributed by atoms with Gasteiger partial charge in [-0.3, -0.25) is 4.79 Å². The summed E-state index contributed by atoms with van der Waals surface area (Å²) < 4.78 is 0. The first-order valence-electron chi connectivity index (χ1n) is 6.95. The Hall–Kier alpha value is -1.89. The number of rotatable bonds is 6. The number of halogens is 1. The third-order valence-corrected chi connectivity index (χ3v) is 4.93. The van der Waals surface area contributed by atoms with Gasteiger partial charge in [0.1, 0.15) is 0 Å². The van der Waals surface area contributed by atoms with Crippen molar-refractivity contribution in [3.63, 3.8) is 0 Å². The summed E-state index contributed by atoms with van der Waals surface area (Å²) in [4.78, 5) is 17.5. The van der Waals surface area contributed by atoms with Gasteiger partial charge < -0.3 is 10.6 Å². The number of aromatic nitrogens is 1. The van der Waals surface area contributed by atoms with E-state index in [0.29, 0.717) is 11.6 Å². The lowest BCUT2D eigenvalue weighted by molar-refractivity contribution is -0.120. The highest BCUT2D eigenvalue weighted by Gasteiger charge is 2.08. The van der Waals surface area contributed by atoms with E-state index in [1.54, 1.807) is 11.3 Å². The molecule has 3 rings (SSSR count). The minimum atomic E-state index is -0.0296. The molecule has 0 atom stereocenters. The molecule has 2 N–H and O–H groups in total. The molecule has 7 heteroatoms. The summed E-state index contributed by atoms with van der Waals surface area (Å²) in [6, 6.07) is 11.4. The first kappa shape index (κ1) is 16.0. The van der Waals surface area contributed by atoms with Crippen molar-refractivity contribution in [2.45, 2.75) is 13.0 Å². The quantitative estimate of drug-likeness (QED) is 0.679. The fourth-order valence-electron chi connectivity index (χ4n) is 1.96. The molecule has 1 amide bonds. The van der Waals surface area contributed by atoms with E-state index >= 15 is 0 Å². The van der Waals surface area contributed by atoms with Crippen LogP contribution in [0.25, 0.3) is 0 Å². The van der Waals surface area contributed by atoms with E-state index in [1.807, 2.05) is 47.2 Å². The number of carbonyl (C=O) groups is 1. The van der Waals surface area contributed by atoms with Crippen LogP contribution in [0.3, 0.4) is 0 Å². The second-order valence-electron chi connectivity index (χ2n) is 4.81. The number of hydrogen-bond donors (Lipinski definition) is 2. The molecule has 2 heterocycles. The number of nitrogens with one attached hydrogen (secondary N) is 2. The lowest BCUT2D eigenvalue weighted by atomic mass is 10.3. The third-order valence-electron chi connectivity index (χ3n) is 3.01. The number of carbonyl (C=O) groups excluding carboxylic acids is 1. The van der Waals surface area contributed by atoms with E-state index in [9.17, 15) is 4.79 Å². The Morgan fingerprint density at radius 3 is 2.91 bits per heavy atom. The Balaban J connectivity index is 1.53. The van der Waals surface area contributed by atoms with Gasteiger partial charge in [0.25, 0.3) is 0 Å². The van der Waals surface area contributed by atoms with E-state index in [1.165, 1.54) is 11.3 Å². The van der Waals surface area contributed by atoms with Gasteiger partial charge in [-0.15, -0.1) is 22.7 Å². The first-order valence-corrected chi connectivity index (χ1v) is 9.09. The number of amides is 1. The molecule has 0 unspecified atom stereocenters. The SMILES string of the molecule is O=C(Cc1csc(Nc2cccc(Cl)c2)n1)NCc1cccs1. The molecule has 0 spiro atoms. The van der Waals surface area contributed by atoms with Crippen molar-refractivity contribution >= 4 is 51.0 Å². The van der Waals surface area contributed by atoms with Crippen LogP contribution >= 0.6 is 34.3 Å². The molecule has 0 fully saturated rings. The van der Waals surface area contributed by atoms with Gasteiger partial charge in [0.15, 0.2) is 5.13 Å². The molecule has 0 radical (unpaired) electrons. The summed E-state index contributed by atoms with van der Waals surface area (Å²) in [7, 11) is 0. The van der Waals surface area contributed by atoms with Gasteiger partial charge in [0.2, 0.25) is 5.91 Å². The van der Waals surface area contributed by atoms with Crippen LogP contribution in [0.2, 0.25) is 5.02 Å². The average molecular weight is 364 g/mol. The summed E-state index contributed by atoms with van der Waals surface area (Å²) >= 11 is 9.05. The molecule has 1 aromatic carbocycles. The maximum absolute atomic E-state index is 11.9. The third kappa shape index (κ3) is 4.79. The molecular formula is C16H14ClN3OS2. The molecule has 4 nitrogen and oxygen atoms in total. The first-order chi connectivity index (χ1) is 11.2. The van der Waals surface area contributed by atoms with Gasteiger partial charge in [-0.1, -0.05) is 23.7 Å². The van der Waals surface area contributed by atoms with Gasteiger partial charge in [-0.05, 0) is 29.6 Å². The number of thiophene rings is 1. The van der Waals surface area contributed by atoms with Crippen molar-refractivity contribution < 1.29 is 4.79 Å². The molecule has 2 aromatic heterocycles. The molecule has 0 saturated heterocycles. The average Bonchev–Trinajstić information content (AvgIpc) is 3.17. The highest BCUT2D eigenvalue weighted by molar-refractivity contribution is 7.13. The number of benzene rings is 1. The van der Waals surface area contributed by atoms with Crippen LogP contribution in [0, 0.1) is 0 Å². The van der Waals surface area contributed by atoms with Gasteiger partial charge in [-0.25, -0.2) is 4.98 Å². The Labute approximate surface area is 147 Å².